The van der Waals surface area contributed by atoms with Crippen molar-refractivity contribution in [3.63, 3.8) is 0 Å². The number of aryl methyl sites for hydroxylation is 1. The van der Waals surface area contributed by atoms with Crippen LogP contribution in [0.3, 0.4) is 0 Å². The Morgan fingerprint density at radius 2 is 2.00 bits per heavy atom. The van der Waals surface area contributed by atoms with Crippen LogP contribution < -0.4 is 5.32 Å². The van der Waals surface area contributed by atoms with E-state index in [4.69, 9.17) is 0 Å². The molecule has 0 unspecified atom stereocenters. The van der Waals surface area contributed by atoms with Gasteiger partial charge < -0.3 is 10.2 Å². The number of amides is 1. The van der Waals surface area contributed by atoms with Gasteiger partial charge >= 0.3 is 0 Å². The number of likely N-dealkylation sites (tertiary alicyclic amines) is 1. The summed E-state index contributed by atoms with van der Waals surface area (Å²) in [4.78, 5) is 19.1. The maximum Gasteiger partial charge on any atom is 0.254 e. The highest BCUT2D eigenvalue weighted by Gasteiger charge is 2.30. The highest BCUT2D eigenvalue weighted by atomic mass is 16.2. The van der Waals surface area contributed by atoms with Crippen LogP contribution in [0, 0.1) is 12.3 Å². The maximum absolute atomic E-state index is 12.7. The fourth-order valence-electron chi connectivity index (χ4n) is 2.85. The van der Waals surface area contributed by atoms with E-state index in [0.717, 1.165) is 49.6 Å². The molecule has 4 nitrogen and oxygen atoms in total. The van der Waals surface area contributed by atoms with Crippen LogP contribution in [0.25, 0.3) is 0 Å². The Labute approximate surface area is 127 Å². The molecule has 1 aliphatic heterocycles. The molecule has 1 fully saturated rings. The van der Waals surface area contributed by atoms with E-state index < -0.39 is 0 Å². The molecule has 0 saturated carbocycles. The van der Waals surface area contributed by atoms with E-state index in [1.54, 1.807) is 0 Å². The number of anilines is 1. The molecule has 4 heteroatoms. The van der Waals surface area contributed by atoms with Crippen molar-refractivity contribution in [3.8, 4) is 0 Å². The van der Waals surface area contributed by atoms with Gasteiger partial charge in [0.1, 0.15) is 5.82 Å². The molecule has 1 aliphatic rings. The molecule has 1 aromatic rings. The zero-order valence-electron chi connectivity index (χ0n) is 13.7. The quantitative estimate of drug-likeness (QED) is 0.923. The van der Waals surface area contributed by atoms with Crippen LogP contribution in [0.15, 0.2) is 12.1 Å². The molecule has 0 aliphatic carbocycles. The third-order valence-corrected chi connectivity index (χ3v) is 4.67. The summed E-state index contributed by atoms with van der Waals surface area (Å²) in [5.74, 6) is 0.925. The van der Waals surface area contributed by atoms with Gasteiger partial charge in [-0.1, -0.05) is 20.3 Å². The number of carbonyl (C=O) groups is 1. The Balaban J connectivity index is 2.10. The van der Waals surface area contributed by atoms with Crippen molar-refractivity contribution in [3.05, 3.63) is 23.4 Å². The summed E-state index contributed by atoms with van der Waals surface area (Å²) in [6.07, 6.45) is 3.38. The van der Waals surface area contributed by atoms with Crippen molar-refractivity contribution in [2.75, 3.05) is 25.0 Å². The summed E-state index contributed by atoms with van der Waals surface area (Å²) < 4.78 is 0. The minimum Gasteiger partial charge on any atom is -0.370 e. The SMILES string of the molecule is CCNc1cc(C(=O)N2CCC(C)(CC)CC2)cc(C)n1. The zero-order valence-corrected chi connectivity index (χ0v) is 13.7. The van der Waals surface area contributed by atoms with Crippen molar-refractivity contribution in [1.82, 2.24) is 9.88 Å². The Morgan fingerprint density at radius 1 is 1.33 bits per heavy atom. The predicted octanol–water partition coefficient (Wildman–Crippen LogP) is 3.47. The number of hydrogen-bond acceptors (Lipinski definition) is 3. The summed E-state index contributed by atoms with van der Waals surface area (Å²) in [5, 5.41) is 3.19. The molecule has 1 N–H and O–H groups in total. The molecule has 2 heterocycles. The van der Waals surface area contributed by atoms with Gasteiger partial charge in [0.25, 0.3) is 5.91 Å². The first-order valence-electron chi connectivity index (χ1n) is 7.99. The van der Waals surface area contributed by atoms with Gasteiger partial charge in [-0.05, 0) is 44.2 Å². The van der Waals surface area contributed by atoms with Crippen LogP contribution in [-0.2, 0) is 0 Å². The number of hydrogen-bond donors (Lipinski definition) is 1. The molecule has 2 rings (SSSR count). The normalized spacial score (nSPS) is 17.6. The number of piperidine rings is 1. The van der Waals surface area contributed by atoms with Crippen LogP contribution in [0.4, 0.5) is 5.82 Å². The smallest absolute Gasteiger partial charge is 0.254 e. The monoisotopic (exact) mass is 289 g/mol. The summed E-state index contributed by atoms with van der Waals surface area (Å²) in [5.41, 5.74) is 2.03. The van der Waals surface area contributed by atoms with Crippen molar-refractivity contribution in [1.29, 1.82) is 0 Å². The molecule has 1 amide bonds. The lowest BCUT2D eigenvalue weighted by atomic mass is 9.78. The van der Waals surface area contributed by atoms with Gasteiger partial charge in [-0.2, -0.15) is 0 Å². The first-order chi connectivity index (χ1) is 9.97. The number of nitrogens with zero attached hydrogens (tertiary/aromatic N) is 2. The predicted molar refractivity (Wildman–Crippen MR) is 86.7 cm³/mol. The van der Waals surface area contributed by atoms with Gasteiger partial charge in [0.15, 0.2) is 0 Å². The summed E-state index contributed by atoms with van der Waals surface area (Å²) in [7, 11) is 0. The van der Waals surface area contributed by atoms with Crippen LogP contribution in [0.5, 0.6) is 0 Å². The first kappa shape index (κ1) is 15.8. The Kier molecular flexibility index (Phi) is 4.86. The van der Waals surface area contributed by atoms with Crippen LogP contribution in [0.1, 0.15) is 56.1 Å². The third kappa shape index (κ3) is 3.74. The Bertz CT molecular complexity index is 505. The summed E-state index contributed by atoms with van der Waals surface area (Å²) >= 11 is 0. The number of pyridine rings is 1. The Morgan fingerprint density at radius 3 is 2.57 bits per heavy atom. The molecule has 0 bridgehead atoms. The lowest BCUT2D eigenvalue weighted by Gasteiger charge is -2.39. The lowest BCUT2D eigenvalue weighted by Crippen LogP contribution is -2.42. The highest BCUT2D eigenvalue weighted by Crippen LogP contribution is 2.34. The molecule has 0 atom stereocenters. The number of carbonyl (C=O) groups excluding carboxylic acids is 1. The zero-order chi connectivity index (χ0) is 15.5. The van der Waals surface area contributed by atoms with Crippen molar-refractivity contribution >= 4 is 11.7 Å². The van der Waals surface area contributed by atoms with E-state index in [2.05, 4.69) is 24.1 Å². The number of aromatic nitrogens is 1. The van der Waals surface area contributed by atoms with E-state index in [-0.39, 0.29) is 5.91 Å². The molecule has 116 valence electrons. The largest absolute Gasteiger partial charge is 0.370 e. The fourth-order valence-corrected chi connectivity index (χ4v) is 2.85. The van der Waals surface area contributed by atoms with Gasteiger partial charge in [0.2, 0.25) is 0 Å². The van der Waals surface area contributed by atoms with Crippen molar-refractivity contribution in [2.24, 2.45) is 5.41 Å². The molecule has 21 heavy (non-hydrogen) atoms. The van der Waals surface area contributed by atoms with E-state index >= 15 is 0 Å². The minimum absolute atomic E-state index is 0.137. The highest BCUT2D eigenvalue weighted by molar-refractivity contribution is 5.95. The summed E-state index contributed by atoms with van der Waals surface area (Å²) in [6.45, 7) is 11.1. The van der Waals surface area contributed by atoms with E-state index in [1.165, 1.54) is 6.42 Å². The van der Waals surface area contributed by atoms with Crippen molar-refractivity contribution in [2.45, 2.75) is 47.0 Å². The standard InChI is InChI=1S/C17H27N3O/c1-5-17(4)7-9-20(10-8-17)16(21)14-11-13(3)19-15(12-14)18-6-2/h11-12H,5-10H2,1-4H3,(H,18,19). The van der Waals surface area contributed by atoms with Crippen LogP contribution >= 0.6 is 0 Å². The van der Waals surface area contributed by atoms with Gasteiger partial charge in [0.05, 0.1) is 0 Å². The molecular formula is C17H27N3O. The van der Waals surface area contributed by atoms with Gasteiger partial charge in [0, 0.05) is 30.9 Å². The molecule has 0 radical (unpaired) electrons. The van der Waals surface area contributed by atoms with Crippen LogP contribution in [-0.4, -0.2) is 35.4 Å². The Hall–Kier alpha value is -1.58. The minimum atomic E-state index is 0.137. The average Bonchev–Trinajstić information content (AvgIpc) is 2.47. The van der Waals surface area contributed by atoms with Gasteiger partial charge in [-0.15, -0.1) is 0 Å². The average molecular weight is 289 g/mol. The molecule has 0 spiro atoms. The van der Waals surface area contributed by atoms with Crippen LogP contribution in [0.2, 0.25) is 0 Å². The molecular weight excluding hydrogens is 262 g/mol. The third-order valence-electron chi connectivity index (χ3n) is 4.67. The number of rotatable bonds is 4. The lowest BCUT2D eigenvalue weighted by molar-refractivity contribution is 0.0600. The fraction of sp³-hybridized carbons (Fsp3) is 0.647. The van der Waals surface area contributed by atoms with E-state index in [0.29, 0.717) is 5.41 Å². The molecule has 1 aromatic heterocycles. The summed E-state index contributed by atoms with van der Waals surface area (Å²) in [6, 6.07) is 3.75. The first-order valence-corrected chi connectivity index (χ1v) is 7.99. The van der Waals surface area contributed by atoms with Gasteiger partial charge in [-0.3, -0.25) is 4.79 Å². The second-order valence-electron chi connectivity index (χ2n) is 6.37. The maximum atomic E-state index is 12.7. The second-order valence-corrected chi connectivity index (χ2v) is 6.37. The van der Waals surface area contributed by atoms with E-state index in [1.807, 2.05) is 30.9 Å². The number of nitrogens with one attached hydrogen (secondary N) is 1. The van der Waals surface area contributed by atoms with Crippen molar-refractivity contribution < 1.29 is 4.79 Å². The topological polar surface area (TPSA) is 45.2 Å². The second kappa shape index (κ2) is 6.46. The van der Waals surface area contributed by atoms with E-state index in [9.17, 15) is 4.79 Å². The molecule has 1 saturated heterocycles. The molecule has 0 aromatic carbocycles. The van der Waals surface area contributed by atoms with Gasteiger partial charge in [-0.25, -0.2) is 4.98 Å².